The summed E-state index contributed by atoms with van der Waals surface area (Å²) in [6.07, 6.45) is 1.70. The van der Waals surface area contributed by atoms with Crippen LogP contribution in [0.1, 0.15) is 43.0 Å². The minimum absolute atomic E-state index is 0.00833. The Kier molecular flexibility index (Phi) is 7.36. The number of ether oxygens (including phenoxy) is 1. The molecule has 1 aliphatic rings. The second kappa shape index (κ2) is 9.78. The standard InChI is InChI=1S/C20H22ClF4N3O2/c1-10(18(22)23)27-13-2-4-14(5-3-13)28-19(29)12-6-11-7-15(21)17(30-20(24)25)8-16(11)26-9-12/h6-10,13-14,18,20,27H,2-5H2,1H3,(H,28,29)/t10-,13-,14-/m1/s1. The average Bonchev–Trinajstić information content (AvgIpc) is 2.69. The Balaban J connectivity index is 1.60. The molecule has 0 aliphatic heterocycles. The van der Waals surface area contributed by atoms with Crippen LogP contribution >= 0.6 is 11.6 Å². The van der Waals surface area contributed by atoms with Crippen LogP contribution in [0.4, 0.5) is 17.6 Å². The number of halogens is 5. The summed E-state index contributed by atoms with van der Waals surface area (Å²) in [7, 11) is 0. The summed E-state index contributed by atoms with van der Waals surface area (Å²) in [5, 5.41) is 6.37. The molecule has 30 heavy (non-hydrogen) atoms. The Morgan fingerprint density at radius 3 is 2.43 bits per heavy atom. The summed E-state index contributed by atoms with van der Waals surface area (Å²) < 4.78 is 54.5. The highest BCUT2D eigenvalue weighted by atomic mass is 35.5. The zero-order chi connectivity index (χ0) is 21.8. The van der Waals surface area contributed by atoms with E-state index < -0.39 is 19.1 Å². The number of rotatable bonds is 7. The number of amides is 1. The van der Waals surface area contributed by atoms with Crippen LogP contribution in [0.2, 0.25) is 5.02 Å². The molecule has 1 aromatic carbocycles. The molecular weight excluding hydrogens is 426 g/mol. The topological polar surface area (TPSA) is 63.2 Å². The number of carbonyl (C=O) groups excluding carboxylic acids is 1. The molecule has 0 radical (unpaired) electrons. The lowest BCUT2D eigenvalue weighted by Gasteiger charge is -2.31. The van der Waals surface area contributed by atoms with Crippen molar-refractivity contribution in [2.24, 2.45) is 0 Å². The third kappa shape index (κ3) is 5.72. The molecule has 10 heteroatoms. The predicted molar refractivity (Wildman–Crippen MR) is 105 cm³/mol. The Hall–Kier alpha value is -2.13. The Bertz CT molecular complexity index is 892. The highest BCUT2D eigenvalue weighted by molar-refractivity contribution is 6.32. The van der Waals surface area contributed by atoms with Gasteiger partial charge in [0, 0.05) is 29.7 Å². The van der Waals surface area contributed by atoms with E-state index in [0.29, 0.717) is 42.1 Å². The second-order valence-corrected chi connectivity index (χ2v) is 7.80. The van der Waals surface area contributed by atoms with Gasteiger partial charge in [-0.1, -0.05) is 11.6 Å². The average molecular weight is 448 g/mol. The molecule has 1 heterocycles. The number of hydrogen-bond acceptors (Lipinski definition) is 4. The Labute approximate surface area is 176 Å². The predicted octanol–water partition coefficient (Wildman–Crippen LogP) is 4.77. The number of hydrogen-bond donors (Lipinski definition) is 2. The van der Waals surface area contributed by atoms with Crippen LogP contribution in [0.3, 0.4) is 0 Å². The summed E-state index contributed by atoms with van der Waals surface area (Å²) in [5.41, 5.74) is 0.680. The molecule has 2 aromatic rings. The van der Waals surface area contributed by atoms with E-state index in [9.17, 15) is 22.4 Å². The first-order valence-corrected chi connectivity index (χ1v) is 10.00. The van der Waals surface area contributed by atoms with Crippen molar-refractivity contribution in [2.45, 2.75) is 63.8 Å². The molecule has 0 spiro atoms. The van der Waals surface area contributed by atoms with Crippen molar-refractivity contribution < 1.29 is 27.1 Å². The number of alkyl halides is 4. The lowest BCUT2D eigenvalue weighted by Crippen LogP contribution is -2.46. The summed E-state index contributed by atoms with van der Waals surface area (Å²) in [5.74, 6) is -0.499. The van der Waals surface area contributed by atoms with E-state index >= 15 is 0 Å². The molecule has 0 unspecified atom stereocenters. The van der Waals surface area contributed by atoms with Crippen molar-refractivity contribution >= 4 is 28.4 Å². The van der Waals surface area contributed by atoms with E-state index in [4.69, 9.17) is 11.6 Å². The maximum Gasteiger partial charge on any atom is 0.387 e. The largest absolute Gasteiger partial charge is 0.433 e. The smallest absolute Gasteiger partial charge is 0.387 e. The van der Waals surface area contributed by atoms with Crippen molar-refractivity contribution in [2.75, 3.05) is 0 Å². The number of aromatic nitrogens is 1. The van der Waals surface area contributed by atoms with Crippen molar-refractivity contribution in [1.82, 2.24) is 15.6 Å². The fraction of sp³-hybridized carbons (Fsp3) is 0.500. The van der Waals surface area contributed by atoms with E-state index in [1.54, 1.807) is 6.07 Å². The minimum Gasteiger partial charge on any atom is -0.433 e. The summed E-state index contributed by atoms with van der Waals surface area (Å²) >= 11 is 5.96. The van der Waals surface area contributed by atoms with Crippen molar-refractivity contribution in [3.8, 4) is 5.75 Å². The lowest BCUT2D eigenvalue weighted by molar-refractivity contribution is -0.0497. The quantitative estimate of drug-likeness (QED) is 0.600. The van der Waals surface area contributed by atoms with Gasteiger partial charge in [0.15, 0.2) is 0 Å². The van der Waals surface area contributed by atoms with Crippen LogP contribution < -0.4 is 15.4 Å². The molecule has 1 aliphatic carbocycles. The van der Waals surface area contributed by atoms with Gasteiger partial charge in [-0.05, 0) is 44.7 Å². The summed E-state index contributed by atoms with van der Waals surface area (Å²) in [4.78, 5) is 16.7. The first-order valence-electron chi connectivity index (χ1n) is 9.62. The van der Waals surface area contributed by atoms with Gasteiger partial charge >= 0.3 is 6.61 Å². The van der Waals surface area contributed by atoms with Crippen molar-refractivity contribution in [3.63, 3.8) is 0 Å². The molecule has 0 bridgehead atoms. The number of nitrogens with zero attached hydrogens (tertiary/aromatic N) is 1. The van der Waals surface area contributed by atoms with Crippen LogP contribution in [-0.2, 0) is 0 Å². The molecule has 1 fully saturated rings. The first kappa shape index (κ1) is 22.6. The lowest BCUT2D eigenvalue weighted by atomic mass is 9.90. The van der Waals surface area contributed by atoms with Gasteiger partial charge in [-0.25, -0.2) is 8.78 Å². The fourth-order valence-corrected chi connectivity index (χ4v) is 3.77. The Morgan fingerprint density at radius 2 is 1.80 bits per heavy atom. The van der Waals surface area contributed by atoms with Crippen LogP contribution in [0.25, 0.3) is 10.9 Å². The van der Waals surface area contributed by atoms with Gasteiger partial charge in [0.05, 0.1) is 22.1 Å². The molecule has 5 nitrogen and oxygen atoms in total. The van der Waals surface area contributed by atoms with Crippen LogP contribution in [0.15, 0.2) is 24.4 Å². The SMILES string of the molecule is C[C@@H](N[C@H]1CC[C@H](NC(=O)c2cnc3cc(OC(F)F)c(Cl)cc3c2)CC1)C(F)F. The van der Waals surface area contributed by atoms with Gasteiger partial charge in [-0.15, -0.1) is 0 Å². The number of pyridine rings is 1. The zero-order valence-corrected chi connectivity index (χ0v) is 16.9. The van der Waals surface area contributed by atoms with E-state index in [2.05, 4.69) is 20.4 Å². The third-order valence-electron chi connectivity index (χ3n) is 5.15. The van der Waals surface area contributed by atoms with E-state index in [1.807, 2.05) is 0 Å². The van der Waals surface area contributed by atoms with E-state index in [0.717, 1.165) is 0 Å². The number of carbonyl (C=O) groups is 1. The number of benzene rings is 1. The van der Waals surface area contributed by atoms with Crippen LogP contribution in [0, 0.1) is 0 Å². The van der Waals surface area contributed by atoms with Gasteiger partial charge in [-0.3, -0.25) is 9.78 Å². The number of nitrogens with one attached hydrogen (secondary N) is 2. The molecule has 1 atom stereocenters. The van der Waals surface area contributed by atoms with Crippen molar-refractivity contribution in [1.29, 1.82) is 0 Å². The minimum atomic E-state index is -3.01. The monoisotopic (exact) mass is 447 g/mol. The Morgan fingerprint density at radius 1 is 1.13 bits per heavy atom. The number of fused-ring (bicyclic) bond motifs is 1. The maximum atomic E-state index is 12.7. The van der Waals surface area contributed by atoms with Crippen LogP contribution in [0.5, 0.6) is 5.75 Å². The molecule has 164 valence electrons. The van der Waals surface area contributed by atoms with Gasteiger partial charge in [-0.2, -0.15) is 8.78 Å². The molecule has 0 saturated heterocycles. The molecular formula is C20H22ClF4N3O2. The van der Waals surface area contributed by atoms with Crippen molar-refractivity contribution in [3.05, 3.63) is 35.0 Å². The van der Waals surface area contributed by atoms with Gasteiger partial charge in [0.1, 0.15) is 5.75 Å². The zero-order valence-electron chi connectivity index (χ0n) is 16.2. The second-order valence-electron chi connectivity index (χ2n) is 7.39. The van der Waals surface area contributed by atoms with E-state index in [1.165, 1.54) is 25.3 Å². The molecule has 1 aromatic heterocycles. The summed E-state index contributed by atoms with van der Waals surface area (Å²) in [6, 6.07) is 3.38. The molecule has 3 rings (SSSR count). The highest BCUT2D eigenvalue weighted by Crippen LogP contribution is 2.31. The van der Waals surface area contributed by atoms with Crippen LogP contribution in [-0.4, -0.2) is 42.1 Å². The fourth-order valence-electron chi connectivity index (χ4n) is 3.56. The van der Waals surface area contributed by atoms with Gasteiger partial charge in [0.25, 0.3) is 12.3 Å². The summed E-state index contributed by atoms with van der Waals surface area (Å²) in [6.45, 7) is -1.55. The first-order chi connectivity index (χ1) is 14.2. The molecule has 1 saturated carbocycles. The van der Waals surface area contributed by atoms with E-state index in [-0.39, 0.29) is 28.8 Å². The van der Waals surface area contributed by atoms with Gasteiger partial charge in [0.2, 0.25) is 0 Å². The maximum absolute atomic E-state index is 12.7. The normalized spacial score (nSPS) is 20.5. The highest BCUT2D eigenvalue weighted by Gasteiger charge is 2.26. The molecule has 2 N–H and O–H groups in total. The third-order valence-corrected chi connectivity index (χ3v) is 5.45. The van der Waals surface area contributed by atoms with Gasteiger partial charge < -0.3 is 15.4 Å². The molecule has 1 amide bonds.